The topological polar surface area (TPSA) is 137 Å². The van der Waals surface area contributed by atoms with Gasteiger partial charge in [0.05, 0.1) is 11.3 Å². The molecule has 0 spiro atoms. The van der Waals surface area contributed by atoms with Crippen molar-refractivity contribution < 1.29 is 28.2 Å². The molecule has 1 N–H and O–H groups in total. The number of carbonyl (C=O) groups is 2. The van der Waals surface area contributed by atoms with Crippen molar-refractivity contribution in [3.05, 3.63) is 70.4 Å². The van der Waals surface area contributed by atoms with Gasteiger partial charge in [-0.3, -0.25) is 19.7 Å². The van der Waals surface area contributed by atoms with E-state index in [0.717, 1.165) is 23.8 Å². The van der Waals surface area contributed by atoms with E-state index in [2.05, 4.69) is 15.5 Å². The second kappa shape index (κ2) is 9.37. The predicted octanol–water partition coefficient (Wildman–Crippen LogP) is 2.90. The zero-order chi connectivity index (χ0) is 21.5. The minimum absolute atomic E-state index is 0.00319. The van der Waals surface area contributed by atoms with Crippen molar-refractivity contribution in [2.75, 3.05) is 11.9 Å². The van der Waals surface area contributed by atoms with Gasteiger partial charge in [0, 0.05) is 23.7 Å². The Morgan fingerprint density at radius 2 is 1.97 bits per heavy atom. The van der Waals surface area contributed by atoms with Crippen LogP contribution < -0.4 is 5.32 Å². The average Bonchev–Trinajstić information content (AvgIpc) is 3.22. The molecule has 2 aromatic carbocycles. The molecule has 3 aromatic rings. The van der Waals surface area contributed by atoms with Crippen molar-refractivity contribution in [2.24, 2.45) is 0 Å². The number of amides is 1. The summed E-state index contributed by atoms with van der Waals surface area (Å²) in [5, 5.41) is 16.8. The summed E-state index contributed by atoms with van der Waals surface area (Å²) in [6.45, 7) is -0.608. The Kier molecular flexibility index (Phi) is 6.42. The number of hydrogen-bond acceptors (Lipinski definition) is 8. The van der Waals surface area contributed by atoms with E-state index in [1.54, 1.807) is 0 Å². The van der Waals surface area contributed by atoms with Gasteiger partial charge in [0.1, 0.15) is 0 Å². The van der Waals surface area contributed by atoms with E-state index in [-0.39, 0.29) is 24.4 Å². The maximum absolute atomic E-state index is 13.3. The smallest absolute Gasteiger partial charge is 0.306 e. The zero-order valence-electron chi connectivity index (χ0n) is 15.4. The third-order valence-corrected chi connectivity index (χ3v) is 3.83. The Morgan fingerprint density at radius 1 is 1.20 bits per heavy atom. The van der Waals surface area contributed by atoms with E-state index in [1.165, 1.54) is 0 Å². The molecular formula is C19H15FN4O6. The lowest BCUT2D eigenvalue weighted by Crippen LogP contribution is -2.21. The fourth-order valence-electron chi connectivity index (χ4n) is 2.42. The Bertz CT molecular complexity index is 1070. The van der Waals surface area contributed by atoms with Crippen molar-refractivity contribution >= 4 is 23.3 Å². The monoisotopic (exact) mass is 414 g/mol. The summed E-state index contributed by atoms with van der Waals surface area (Å²) in [7, 11) is 0. The first-order chi connectivity index (χ1) is 14.4. The van der Waals surface area contributed by atoms with Crippen LogP contribution in [0.2, 0.25) is 0 Å². The van der Waals surface area contributed by atoms with E-state index in [4.69, 9.17) is 9.26 Å². The maximum atomic E-state index is 13.3. The molecule has 0 saturated carbocycles. The summed E-state index contributed by atoms with van der Waals surface area (Å²) in [5.41, 5.74) is -0.00421. The van der Waals surface area contributed by atoms with E-state index in [1.807, 2.05) is 30.3 Å². The minimum atomic E-state index is -1.03. The van der Waals surface area contributed by atoms with Gasteiger partial charge in [0.25, 0.3) is 5.91 Å². The number of nitrogens with one attached hydrogen (secondary N) is 1. The number of nitrogens with zero attached hydrogens (tertiary/aromatic N) is 3. The van der Waals surface area contributed by atoms with Crippen molar-refractivity contribution in [3.63, 3.8) is 0 Å². The first-order valence-electron chi connectivity index (χ1n) is 8.70. The molecule has 0 bridgehead atoms. The number of hydrogen-bond donors (Lipinski definition) is 1. The third kappa shape index (κ3) is 5.44. The van der Waals surface area contributed by atoms with Gasteiger partial charge < -0.3 is 14.6 Å². The molecule has 10 nitrogen and oxygen atoms in total. The van der Waals surface area contributed by atoms with Gasteiger partial charge in [-0.25, -0.2) is 0 Å². The van der Waals surface area contributed by atoms with Crippen LogP contribution in [-0.4, -0.2) is 33.5 Å². The lowest BCUT2D eigenvalue weighted by Gasteiger charge is -2.06. The van der Waals surface area contributed by atoms with Gasteiger partial charge in [-0.15, -0.1) is 0 Å². The molecule has 1 heterocycles. The quantitative estimate of drug-likeness (QED) is 0.337. The summed E-state index contributed by atoms with van der Waals surface area (Å²) < 4.78 is 23.2. The van der Waals surface area contributed by atoms with E-state index < -0.39 is 34.9 Å². The summed E-state index contributed by atoms with van der Waals surface area (Å²) in [4.78, 5) is 37.6. The van der Waals surface area contributed by atoms with Crippen LogP contribution in [0.1, 0.15) is 12.3 Å². The fraction of sp³-hybridized carbons (Fsp3) is 0.158. The van der Waals surface area contributed by atoms with Crippen LogP contribution in [0.15, 0.2) is 53.1 Å². The maximum Gasteiger partial charge on any atom is 0.306 e. The largest absolute Gasteiger partial charge is 0.456 e. The number of rotatable bonds is 8. The lowest BCUT2D eigenvalue weighted by atomic mass is 10.2. The Hall–Kier alpha value is -4.15. The van der Waals surface area contributed by atoms with Crippen LogP contribution in [-0.2, 0) is 20.7 Å². The van der Waals surface area contributed by atoms with E-state index >= 15 is 0 Å². The molecule has 1 amide bonds. The van der Waals surface area contributed by atoms with Crippen LogP contribution in [0.4, 0.5) is 15.8 Å². The molecule has 30 heavy (non-hydrogen) atoms. The van der Waals surface area contributed by atoms with Crippen LogP contribution in [0.3, 0.4) is 0 Å². The van der Waals surface area contributed by atoms with E-state index in [0.29, 0.717) is 5.82 Å². The molecule has 0 aliphatic heterocycles. The SMILES string of the molecule is O=C(COC(=O)CCc1nc(-c2ccccc2)no1)Nc1ccc(F)c([N+](=O)[O-])c1. The molecule has 1 aromatic heterocycles. The van der Waals surface area contributed by atoms with Crippen LogP contribution >= 0.6 is 0 Å². The highest BCUT2D eigenvalue weighted by molar-refractivity contribution is 5.93. The van der Waals surface area contributed by atoms with Gasteiger partial charge in [-0.2, -0.15) is 9.37 Å². The number of aryl methyl sites for hydroxylation is 1. The number of nitro groups is 1. The Morgan fingerprint density at radius 3 is 2.70 bits per heavy atom. The number of nitro benzene ring substituents is 1. The van der Waals surface area contributed by atoms with Crippen LogP contribution in [0.25, 0.3) is 11.4 Å². The number of esters is 1. The van der Waals surface area contributed by atoms with Crippen LogP contribution in [0.5, 0.6) is 0 Å². The minimum Gasteiger partial charge on any atom is -0.456 e. The normalized spacial score (nSPS) is 10.4. The first kappa shape index (κ1) is 20.6. The summed E-state index contributed by atoms with van der Waals surface area (Å²) in [6.07, 6.45) is 0.0379. The molecule has 154 valence electrons. The van der Waals surface area contributed by atoms with Gasteiger partial charge in [0.15, 0.2) is 6.61 Å². The molecule has 0 radical (unpaired) electrons. The third-order valence-electron chi connectivity index (χ3n) is 3.83. The Balaban J connectivity index is 1.45. The number of benzene rings is 2. The van der Waals surface area contributed by atoms with Gasteiger partial charge in [-0.05, 0) is 12.1 Å². The number of carbonyl (C=O) groups excluding carboxylic acids is 2. The second-order valence-corrected chi connectivity index (χ2v) is 6.01. The predicted molar refractivity (Wildman–Crippen MR) is 101 cm³/mol. The number of halogens is 1. The highest BCUT2D eigenvalue weighted by Gasteiger charge is 2.16. The summed E-state index contributed by atoms with van der Waals surface area (Å²) >= 11 is 0. The van der Waals surface area contributed by atoms with Crippen molar-refractivity contribution in [1.29, 1.82) is 0 Å². The molecule has 0 aliphatic carbocycles. The highest BCUT2D eigenvalue weighted by Crippen LogP contribution is 2.21. The Labute approximate surface area is 168 Å². The molecule has 3 rings (SSSR count). The molecule has 0 aliphatic rings. The lowest BCUT2D eigenvalue weighted by molar-refractivity contribution is -0.387. The van der Waals surface area contributed by atoms with Gasteiger partial charge in [0.2, 0.25) is 17.5 Å². The molecule has 11 heteroatoms. The molecule has 0 atom stereocenters. The standard InChI is InChI=1S/C19H15FN4O6/c20-14-7-6-13(10-15(14)24(27)28)21-16(25)11-29-18(26)9-8-17-22-19(23-30-17)12-4-2-1-3-5-12/h1-7,10H,8-9,11H2,(H,21,25). The average molecular weight is 414 g/mol. The first-order valence-corrected chi connectivity index (χ1v) is 8.70. The van der Waals surface area contributed by atoms with Gasteiger partial charge >= 0.3 is 11.7 Å². The summed E-state index contributed by atoms with van der Waals surface area (Å²) in [5.74, 6) is -1.79. The van der Waals surface area contributed by atoms with Crippen molar-refractivity contribution in [1.82, 2.24) is 10.1 Å². The fourth-order valence-corrected chi connectivity index (χ4v) is 2.42. The zero-order valence-corrected chi connectivity index (χ0v) is 15.4. The van der Waals surface area contributed by atoms with E-state index in [9.17, 15) is 24.1 Å². The molecule has 0 fully saturated rings. The van der Waals surface area contributed by atoms with Crippen molar-refractivity contribution in [2.45, 2.75) is 12.8 Å². The van der Waals surface area contributed by atoms with Crippen LogP contribution in [0, 0.1) is 15.9 Å². The molecule has 0 saturated heterocycles. The second-order valence-electron chi connectivity index (χ2n) is 6.01. The van der Waals surface area contributed by atoms with Crippen molar-refractivity contribution in [3.8, 4) is 11.4 Å². The van der Waals surface area contributed by atoms with Gasteiger partial charge in [-0.1, -0.05) is 35.5 Å². The molecule has 0 unspecified atom stereocenters. The highest BCUT2D eigenvalue weighted by atomic mass is 19.1. The number of ether oxygens (including phenoxy) is 1. The summed E-state index contributed by atoms with van der Waals surface area (Å²) in [6, 6.07) is 12.0. The molecular weight excluding hydrogens is 399 g/mol. The number of aromatic nitrogens is 2. The number of anilines is 1.